The summed E-state index contributed by atoms with van der Waals surface area (Å²) in [5.74, 6) is 0.879. The fourth-order valence-electron chi connectivity index (χ4n) is 7.81. The Bertz CT molecular complexity index is 2890. The van der Waals surface area contributed by atoms with Gasteiger partial charge in [0.2, 0.25) is 0 Å². The van der Waals surface area contributed by atoms with E-state index in [1.54, 1.807) is 0 Å². The van der Waals surface area contributed by atoms with Crippen molar-refractivity contribution in [3.05, 3.63) is 212 Å². The average molecular weight is 690 g/mol. The Kier molecular flexibility index (Phi) is 7.85. The molecule has 1 heterocycles. The van der Waals surface area contributed by atoms with Crippen molar-refractivity contribution in [3.8, 4) is 44.7 Å². The average Bonchev–Trinajstić information content (AvgIpc) is 3.69. The van der Waals surface area contributed by atoms with Crippen LogP contribution in [0.4, 0.5) is 17.1 Å². The summed E-state index contributed by atoms with van der Waals surface area (Å²) in [4.78, 5) is 2.41. The first-order valence-electron chi connectivity index (χ1n) is 18.4. The molecular weight excluding hydrogens is 655 g/mol. The van der Waals surface area contributed by atoms with Crippen molar-refractivity contribution >= 4 is 49.6 Å². The lowest BCUT2D eigenvalue weighted by molar-refractivity contribution is 0.632. The van der Waals surface area contributed by atoms with Crippen molar-refractivity contribution in [2.75, 3.05) is 4.90 Å². The lowest BCUT2D eigenvalue weighted by atomic mass is 9.95. The van der Waals surface area contributed by atoms with Gasteiger partial charge >= 0.3 is 0 Å². The first kappa shape index (κ1) is 31.6. The zero-order valence-corrected chi connectivity index (χ0v) is 29.6. The highest BCUT2D eigenvalue weighted by Gasteiger charge is 2.18. The third-order valence-electron chi connectivity index (χ3n) is 10.5. The lowest BCUT2D eigenvalue weighted by Gasteiger charge is -2.28. The Labute approximate surface area is 314 Å². The molecule has 0 bridgehead atoms. The van der Waals surface area contributed by atoms with E-state index in [-0.39, 0.29) is 0 Å². The number of furan rings is 1. The fraction of sp³-hybridized carbons (Fsp3) is 0. The van der Waals surface area contributed by atoms with E-state index in [1.165, 1.54) is 38.2 Å². The molecule has 0 aliphatic rings. The molecule has 0 aliphatic heterocycles. The molecule has 0 radical (unpaired) electrons. The van der Waals surface area contributed by atoms with E-state index in [0.29, 0.717) is 0 Å². The molecule has 0 spiro atoms. The van der Waals surface area contributed by atoms with E-state index in [4.69, 9.17) is 4.42 Å². The molecule has 0 fully saturated rings. The third-order valence-corrected chi connectivity index (χ3v) is 10.5. The summed E-state index contributed by atoms with van der Waals surface area (Å²) < 4.78 is 6.27. The number of nitrogens with zero attached hydrogens (tertiary/aromatic N) is 1. The zero-order chi connectivity index (χ0) is 35.8. The van der Waals surface area contributed by atoms with Gasteiger partial charge in [-0.25, -0.2) is 0 Å². The first-order chi connectivity index (χ1) is 26.8. The summed E-state index contributed by atoms with van der Waals surface area (Å²) in [6.07, 6.45) is 0. The van der Waals surface area contributed by atoms with Crippen LogP contribution in [-0.4, -0.2) is 0 Å². The Morgan fingerprint density at radius 2 is 0.889 bits per heavy atom. The molecule has 10 rings (SSSR count). The van der Waals surface area contributed by atoms with Crippen molar-refractivity contribution in [3.63, 3.8) is 0 Å². The highest BCUT2D eigenvalue weighted by Crippen LogP contribution is 2.43. The quantitative estimate of drug-likeness (QED) is 0.155. The minimum Gasteiger partial charge on any atom is -0.456 e. The zero-order valence-electron chi connectivity index (χ0n) is 29.6. The summed E-state index contributed by atoms with van der Waals surface area (Å²) in [5.41, 5.74) is 12.3. The summed E-state index contributed by atoms with van der Waals surface area (Å²) >= 11 is 0. The van der Waals surface area contributed by atoms with Crippen molar-refractivity contribution in [1.29, 1.82) is 0 Å². The van der Waals surface area contributed by atoms with E-state index in [1.807, 2.05) is 18.2 Å². The fourth-order valence-corrected chi connectivity index (χ4v) is 7.81. The van der Waals surface area contributed by atoms with Crippen LogP contribution in [0.25, 0.3) is 77.2 Å². The maximum absolute atomic E-state index is 6.27. The molecular formula is C52H35NO. The minimum atomic E-state index is 0.879. The van der Waals surface area contributed by atoms with Crippen LogP contribution < -0.4 is 4.90 Å². The van der Waals surface area contributed by atoms with Gasteiger partial charge in [-0.3, -0.25) is 0 Å². The predicted molar refractivity (Wildman–Crippen MR) is 228 cm³/mol. The monoisotopic (exact) mass is 689 g/mol. The van der Waals surface area contributed by atoms with Crippen LogP contribution in [0.1, 0.15) is 0 Å². The summed E-state index contributed by atoms with van der Waals surface area (Å²) in [7, 11) is 0. The van der Waals surface area contributed by atoms with Crippen LogP contribution in [0.2, 0.25) is 0 Å². The second kappa shape index (κ2) is 13.4. The van der Waals surface area contributed by atoms with Gasteiger partial charge in [-0.2, -0.15) is 0 Å². The highest BCUT2D eigenvalue weighted by molar-refractivity contribution is 6.14. The maximum atomic E-state index is 6.27. The second-order valence-corrected chi connectivity index (χ2v) is 13.7. The van der Waals surface area contributed by atoms with Crippen LogP contribution in [0.5, 0.6) is 0 Å². The van der Waals surface area contributed by atoms with E-state index in [2.05, 4.69) is 199 Å². The van der Waals surface area contributed by atoms with Crippen molar-refractivity contribution in [1.82, 2.24) is 0 Å². The van der Waals surface area contributed by atoms with Crippen molar-refractivity contribution in [2.24, 2.45) is 0 Å². The Hall–Kier alpha value is -7.16. The van der Waals surface area contributed by atoms with Crippen molar-refractivity contribution < 1.29 is 4.42 Å². The Balaban J connectivity index is 1.04. The number of anilines is 3. The lowest BCUT2D eigenvalue weighted by Crippen LogP contribution is -2.10. The van der Waals surface area contributed by atoms with Gasteiger partial charge in [-0.15, -0.1) is 0 Å². The van der Waals surface area contributed by atoms with Gasteiger partial charge in [-0.05, 0) is 92.0 Å². The van der Waals surface area contributed by atoms with E-state index >= 15 is 0 Å². The maximum Gasteiger partial charge on any atom is 0.136 e. The Morgan fingerprint density at radius 3 is 1.67 bits per heavy atom. The van der Waals surface area contributed by atoms with Gasteiger partial charge in [0.15, 0.2) is 0 Å². The smallest absolute Gasteiger partial charge is 0.136 e. The van der Waals surface area contributed by atoms with Crippen LogP contribution in [0.3, 0.4) is 0 Å². The molecule has 0 unspecified atom stereocenters. The van der Waals surface area contributed by atoms with Gasteiger partial charge in [0.1, 0.15) is 11.3 Å². The molecule has 2 nitrogen and oxygen atoms in total. The molecule has 0 saturated heterocycles. The molecule has 54 heavy (non-hydrogen) atoms. The molecule has 0 N–H and O–H groups in total. The normalized spacial score (nSPS) is 11.3. The van der Waals surface area contributed by atoms with E-state index < -0.39 is 0 Å². The third kappa shape index (κ3) is 5.71. The predicted octanol–water partition coefficient (Wildman–Crippen LogP) is 14.9. The van der Waals surface area contributed by atoms with Crippen LogP contribution >= 0.6 is 0 Å². The SMILES string of the molecule is c1ccc(-c2cccc(N(c3ccc(-c4ccc(-c5ccccc5-c5cc6ccccc6o5)cc4)cc3)c3cc4ccccc4c4ccccc34)c2)cc1. The molecule has 0 aliphatic carbocycles. The number of hydrogen-bond acceptors (Lipinski definition) is 2. The molecule has 10 aromatic rings. The minimum absolute atomic E-state index is 0.879. The summed E-state index contributed by atoms with van der Waals surface area (Å²) in [6, 6.07) is 75.9. The molecule has 9 aromatic carbocycles. The molecule has 0 atom stereocenters. The van der Waals surface area contributed by atoms with Gasteiger partial charge < -0.3 is 9.32 Å². The highest BCUT2D eigenvalue weighted by atomic mass is 16.3. The standard InChI is InChI=1S/C52H35NO/c1-2-13-36(14-3-1)40-17-12-18-44(33-40)53(50-34-41-15-4-6-20-46(41)47-21-8-9-22-48(47)50)43-31-29-38(30-32-43)37-25-27-39(28-26-37)45-19-7-10-23-49(45)52-35-42-16-5-11-24-51(42)54-52/h1-35H. The number of benzene rings is 9. The van der Waals surface area contributed by atoms with Crippen LogP contribution in [-0.2, 0) is 0 Å². The molecule has 254 valence electrons. The number of hydrogen-bond donors (Lipinski definition) is 0. The summed E-state index contributed by atoms with van der Waals surface area (Å²) in [6.45, 7) is 0. The van der Waals surface area contributed by atoms with Crippen LogP contribution in [0.15, 0.2) is 217 Å². The van der Waals surface area contributed by atoms with Gasteiger partial charge in [0.25, 0.3) is 0 Å². The van der Waals surface area contributed by atoms with E-state index in [0.717, 1.165) is 56.0 Å². The molecule has 0 amide bonds. The molecule has 1 aromatic heterocycles. The number of fused-ring (bicyclic) bond motifs is 4. The second-order valence-electron chi connectivity index (χ2n) is 13.7. The number of rotatable bonds is 7. The van der Waals surface area contributed by atoms with Crippen LogP contribution in [0, 0.1) is 0 Å². The summed E-state index contributed by atoms with van der Waals surface area (Å²) in [5, 5.41) is 6.04. The van der Waals surface area contributed by atoms with E-state index in [9.17, 15) is 0 Å². The van der Waals surface area contributed by atoms with Gasteiger partial charge in [-0.1, -0.05) is 170 Å². The van der Waals surface area contributed by atoms with Gasteiger partial charge in [0, 0.05) is 27.7 Å². The molecule has 2 heteroatoms. The van der Waals surface area contributed by atoms with Gasteiger partial charge in [0.05, 0.1) is 5.69 Å². The van der Waals surface area contributed by atoms with Crippen molar-refractivity contribution in [2.45, 2.75) is 0 Å². The molecule has 0 saturated carbocycles. The Morgan fingerprint density at radius 1 is 0.315 bits per heavy atom. The largest absolute Gasteiger partial charge is 0.456 e. The first-order valence-corrected chi connectivity index (χ1v) is 18.4. The topological polar surface area (TPSA) is 16.4 Å². The number of para-hydroxylation sites is 1.